The van der Waals surface area contributed by atoms with Gasteiger partial charge < -0.3 is 15.3 Å². The molecule has 0 aromatic heterocycles. The van der Waals surface area contributed by atoms with Crippen molar-refractivity contribution in [2.75, 3.05) is 32.1 Å². The van der Waals surface area contributed by atoms with Gasteiger partial charge in [0.25, 0.3) is 0 Å². The molecule has 1 atom stereocenters. The normalized spacial score (nSPS) is 13.3. The molecule has 0 heterocycles. The van der Waals surface area contributed by atoms with E-state index in [9.17, 15) is 0 Å². The first-order chi connectivity index (χ1) is 9.39. The number of hydrogen-bond donors (Lipinski definition) is 2. The molecule has 0 bridgehead atoms. The lowest BCUT2D eigenvalue weighted by Crippen LogP contribution is -2.32. The van der Waals surface area contributed by atoms with Crippen molar-refractivity contribution < 1.29 is 5.11 Å². The summed E-state index contributed by atoms with van der Waals surface area (Å²) in [4.78, 5) is 2.11. The van der Waals surface area contributed by atoms with Crippen LogP contribution in [0.4, 0.5) is 5.69 Å². The van der Waals surface area contributed by atoms with Gasteiger partial charge in [-0.1, -0.05) is 32.9 Å². The number of nitrogens with zero attached hydrogens (tertiary/aromatic N) is 1. The van der Waals surface area contributed by atoms with Gasteiger partial charge in [-0.2, -0.15) is 0 Å². The first kappa shape index (κ1) is 17.0. The van der Waals surface area contributed by atoms with Crippen LogP contribution in [0, 0.1) is 5.41 Å². The molecule has 0 aliphatic heterocycles. The lowest BCUT2D eigenvalue weighted by Gasteiger charge is -2.28. The molecule has 1 aromatic rings. The number of rotatable bonds is 8. The SMILES string of the molecule is CCC(NCC(C)(C)CCO)c1ccc(N(C)C)cc1. The lowest BCUT2D eigenvalue weighted by atomic mass is 9.89. The molecule has 0 radical (unpaired) electrons. The van der Waals surface area contributed by atoms with Crippen LogP contribution in [-0.2, 0) is 0 Å². The minimum Gasteiger partial charge on any atom is -0.396 e. The predicted molar refractivity (Wildman–Crippen MR) is 87.3 cm³/mol. The van der Waals surface area contributed by atoms with Crippen LogP contribution in [0.1, 0.15) is 45.2 Å². The van der Waals surface area contributed by atoms with Gasteiger partial charge in [-0.3, -0.25) is 0 Å². The number of hydrogen-bond acceptors (Lipinski definition) is 3. The van der Waals surface area contributed by atoms with Crippen LogP contribution in [0.5, 0.6) is 0 Å². The van der Waals surface area contributed by atoms with Crippen molar-refractivity contribution in [3.8, 4) is 0 Å². The van der Waals surface area contributed by atoms with Crippen LogP contribution in [0.2, 0.25) is 0 Å². The third kappa shape index (κ3) is 5.14. The fourth-order valence-electron chi connectivity index (χ4n) is 2.29. The van der Waals surface area contributed by atoms with E-state index in [1.54, 1.807) is 0 Å². The van der Waals surface area contributed by atoms with E-state index in [2.05, 4.69) is 69.3 Å². The molecular formula is C17H30N2O. The van der Waals surface area contributed by atoms with Crippen molar-refractivity contribution in [2.45, 2.75) is 39.7 Å². The highest BCUT2D eigenvalue weighted by atomic mass is 16.3. The molecular weight excluding hydrogens is 248 g/mol. The van der Waals surface area contributed by atoms with E-state index in [1.165, 1.54) is 11.3 Å². The summed E-state index contributed by atoms with van der Waals surface area (Å²) in [5.41, 5.74) is 2.69. The third-order valence-electron chi connectivity index (χ3n) is 3.84. The number of aliphatic hydroxyl groups excluding tert-OH is 1. The summed E-state index contributed by atoms with van der Waals surface area (Å²) in [6.45, 7) is 7.76. The predicted octanol–water partition coefficient (Wildman–Crippen LogP) is 3.20. The molecule has 0 saturated heterocycles. The molecule has 114 valence electrons. The molecule has 1 rings (SSSR count). The van der Waals surface area contributed by atoms with Crippen molar-refractivity contribution >= 4 is 5.69 Å². The molecule has 0 saturated carbocycles. The topological polar surface area (TPSA) is 35.5 Å². The van der Waals surface area contributed by atoms with E-state index < -0.39 is 0 Å². The highest BCUT2D eigenvalue weighted by Gasteiger charge is 2.19. The molecule has 3 heteroatoms. The Morgan fingerprint density at radius 1 is 1.20 bits per heavy atom. The Balaban J connectivity index is 2.66. The number of aliphatic hydroxyl groups is 1. The summed E-state index contributed by atoms with van der Waals surface area (Å²) >= 11 is 0. The first-order valence-corrected chi connectivity index (χ1v) is 7.51. The van der Waals surface area contributed by atoms with E-state index >= 15 is 0 Å². The summed E-state index contributed by atoms with van der Waals surface area (Å²) in [5.74, 6) is 0. The van der Waals surface area contributed by atoms with Crippen LogP contribution < -0.4 is 10.2 Å². The standard InChI is InChI=1S/C17H30N2O/c1-6-16(18-13-17(2,3)11-12-20)14-7-9-15(10-8-14)19(4)5/h7-10,16,18,20H,6,11-13H2,1-5H3. The smallest absolute Gasteiger partial charge is 0.0436 e. The molecule has 1 unspecified atom stereocenters. The van der Waals surface area contributed by atoms with Gasteiger partial charge in [0.1, 0.15) is 0 Å². The van der Waals surface area contributed by atoms with Crippen LogP contribution in [0.15, 0.2) is 24.3 Å². The van der Waals surface area contributed by atoms with E-state index in [4.69, 9.17) is 5.11 Å². The van der Waals surface area contributed by atoms with Crippen LogP contribution in [0.3, 0.4) is 0 Å². The molecule has 0 spiro atoms. The van der Waals surface area contributed by atoms with E-state index in [1.807, 2.05) is 0 Å². The maximum absolute atomic E-state index is 9.09. The Morgan fingerprint density at radius 2 is 1.80 bits per heavy atom. The lowest BCUT2D eigenvalue weighted by molar-refractivity contribution is 0.202. The summed E-state index contributed by atoms with van der Waals surface area (Å²) < 4.78 is 0. The summed E-state index contributed by atoms with van der Waals surface area (Å²) in [6, 6.07) is 9.12. The molecule has 0 amide bonds. The molecule has 3 nitrogen and oxygen atoms in total. The van der Waals surface area contributed by atoms with Gasteiger partial charge >= 0.3 is 0 Å². The first-order valence-electron chi connectivity index (χ1n) is 7.51. The second-order valence-electron chi connectivity index (χ2n) is 6.47. The van der Waals surface area contributed by atoms with E-state index in [0.29, 0.717) is 6.04 Å². The Hall–Kier alpha value is -1.06. The average molecular weight is 278 g/mol. The van der Waals surface area contributed by atoms with Crippen molar-refractivity contribution in [3.05, 3.63) is 29.8 Å². The zero-order valence-electron chi connectivity index (χ0n) is 13.6. The molecule has 2 N–H and O–H groups in total. The van der Waals surface area contributed by atoms with Crippen molar-refractivity contribution in [3.63, 3.8) is 0 Å². The Labute approximate surface area is 124 Å². The van der Waals surface area contributed by atoms with Gasteiger partial charge in [-0.25, -0.2) is 0 Å². The molecule has 0 aliphatic rings. The fraction of sp³-hybridized carbons (Fsp3) is 0.647. The molecule has 1 aromatic carbocycles. The second-order valence-corrected chi connectivity index (χ2v) is 6.47. The zero-order valence-corrected chi connectivity index (χ0v) is 13.6. The number of anilines is 1. The number of benzene rings is 1. The quantitative estimate of drug-likeness (QED) is 0.766. The monoisotopic (exact) mass is 278 g/mol. The van der Waals surface area contributed by atoms with Gasteiger partial charge in [0.05, 0.1) is 0 Å². The zero-order chi connectivity index (χ0) is 15.2. The fourth-order valence-corrected chi connectivity index (χ4v) is 2.29. The average Bonchev–Trinajstić information content (AvgIpc) is 2.39. The molecule has 0 aliphatic carbocycles. The summed E-state index contributed by atoms with van der Waals surface area (Å²) in [5, 5.41) is 12.7. The largest absolute Gasteiger partial charge is 0.396 e. The van der Waals surface area contributed by atoms with Gasteiger partial charge in [-0.15, -0.1) is 0 Å². The Kier molecular flexibility index (Phi) is 6.50. The van der Waals surface area contributed by atoms with Crippen LogP contribution >= 0.6 is 0 Å². The van der Waals surface area contributed by atoms with Crippen molar-refractivity contribution in [2.24, 2.45) is 5.41 Å². The van der Waals surface area contributed by atoms with Crippen molar-refractivity contribution in [1.82, 2.24) is 5.32 Å². The minimum absolute atomic E-state index is 0.131. The van der Waals surface area contributed by atoms with Crippen LogP contribution in [-0.4, -0.2) is 32.4 Å². The van der Waals surface area contributed by atoms with Gasteiger partial charge in [0.2, 0.25) is 0 Å². The highest BCUT2D eigenvalue weighted by molar-refractivity contribution is 5.46. The van der Waals surface area contributed by atoms with Crippen LogP contribution in [0.25, 0.3) is 0 Å². The molecule has 20 heavy (non-hydrogen) atoms. The summed E-state index contributed by atoms with van der Waals surface area (Å²) in [7, 11) is 4.12. The maximum Gasteiger partial charge on any atom is 0.0436 e. The van der Waals surface area contributed by atoms with E-state index in [0.717, 1.165) is 19.4 Å². The highest BCUT2D eigenvalue weighted by Crippen LogP contribution is 2.23. The van der Waals surface area contributed by atoms with Gasteiger partial charge in [0, 0.05) is 39.0 Å². The minimum atomic E-state index is 0.131. The molecule has 0 fully saturated rings. The van der Waals surface area contributed by atoms with Gasteiger partial charge in [0.15, 0.2) is 0 Å². The Bertz CT molecular complexity index is 384. The maximum atomic E-state index is 9.09. The van der Waals surface area contributed by atoms with Crippen molar-refractivity contribution in [1.29, 1.82) is 0 Å². The second kappa shape index (κ2) is 7.65. The summed E-state index contributed by atoms with van der Waals surface area (Å²) in [6.07, 6.45) is 1.90. The third-order valence-corrected chi connectivity index (χ3v) is 3.84. The Morgan fingerprint density at radius 3 is 2.25 bits per heavy atom. The van der Waals surface area contributed by atoms with E-state index in [-0.39, 0.29) is 12.0 Å². The van der Waals surface area contributed by atoms with Gasteiger partial charge in [-0.05, 0) is 36.0 Å². The number of nitrogens with one attached hydrogen (secondary N) is 1.